The van der Waals surface area contributed by atoms with Crippen LogP contribution in [0, 0.1) is 23.2 Å². The summed E-state index contributed by atoms with van der Waals surface area (Å²) >= 11 is 12.9. The number of rotatable bonds is 6. The lowest BCUT2D eigenvalue weighted by molar-refractivity contribution is -0.122. The van der Waals surface area contributed by atoms with Gasteiger partial charge in [0.05, 0.1) is 40.2 Å². The standard InChI is InChI=1S/C25H28Cl2N8O2/c1-13-12-37-7-6-19(13)31-24-30-11-20-23(34-24)35(16-4-2-15(3-5-16)22(29)36)25(32-20)33-21-17(26)8-14(10-28)9-18(21)27/h8-9,11,13,15-16,19H,2-7,12H2,1H3,(H2,29,36)(H,32,33)(H,30,31,34)/t13-,15?,16?,19-/m0/s1. The quantitative estimate of drug-likeness (QED) is 0.402. The molecule has 3 aromatic rings. The average molecular weight is 543 g/mol. The molecule has 0 spiro atoms. The van der Waals surface area contributed by atoms with Crippen LogP contribution in [-0.2, 0) is 9.53 Å². The van der Waals surface area contributed by atoms with Gasteiger partial charge in [0.1, 0.15) is 5.52 Å². The van der Waals surface area contributed by atoms with Crippen LogP contribution in [0.2, 0.25) is 10.0 Å². The van der Waals surface area contributed by atoms with E-state index in [2.05, 4.69) is 28.6 Å². The van der Waals surface area contributed by atoms with Gasteiger partial charge in [0.25, 0.3) is 0 Å². The van der Waals surface area contributed by atoms with Gasteiger partial charge in [-0.25, -0.2) is 9.97 Å². The Hall–Kier alpha value is -3.13. The Morgan fingerprint density at radius 1 is 1.19 bits per heavy atom. The molecule has 37 heavy (non-hydrogen) atoms. The Bertz CT molecular complexity index is 1340. The second-order valence-electron chi connectivity index (χ2n) is 9.76. The highest BCUT2D eigenvalue weighted by atomic mass is 35.5. The molecular weight excluding hydrogens is 515 g/mol. The first-order valence-corrected chi connectivity index (χ1v) is 13.1. The Morgan fingerprint density at radius 2 is 1.92 bits per heavy atom. The number of hydrogen-bond donors (Lipinski definition) is 3. The molecule has 1 saturated carbocycles. The van der Waals surface area contributed by atoms with Crippen molar-refractivity contribution in [1.82, 2.24) is 19.5 Å². The number of amides is 1. The summed E-state index contributed by atoms with van der Waals surface area (Å²) in [6.45, 7) is 3.54. The van der Waals surface area contributed by atoms with Crippen LogP contribution < -0.4 is 16.4 Å². The van der Waals surface area contributed by atoms with E-state index >= 15 is 0 Å². The molecule has 1 aromatic carbocycles. The van der Waals surface area contributed by atoms with E-state index < -0.39 is 0 Å². The van der Waals surface area contributed by atoms with Crippen LogP contribution >= 0.6 is 23.2 Å². The van der Waals surface area contributed by atoms with Crippen molar-refractivity contribution < 1.29 is 9.53 Å². The zero-order valence-electron chi connectivity index (χ0n) is 20.4. The molecule has 2 fully saturated rings. The summed E-state index contributed by atoms with van der Waals surface area (Å²) in [5, 5.41) is 16.6. The largest absolute Gasteiger partial charge is 0.381 e. The van der Waals surface area contributed by atoms with Crippen molar-refractivity contribution >= 4 is 57.9 Å². The molecule has 3 heterocycles. The number of halogens is 2. The first-order chi connectivity index (χ1) is 17.8. The van der Waals surface area contributed by atoms with Crippen LogP contribution in [-0.4, -0.2) is 44.7 Å². The number of imidazole rings is 1. The number of benzene rings is 1. The minimum atomic E-state index is -0.261. The number of nitriles is 1. The van der Waals surface area contributed by atoms with E-state index in [1.165, 1.54) is 0 Å². The number of carbonyl (C=O) groups is 1. The highest BCUT2D eigenvalue weighted by molar-refractivity contribution is 6.39. The van der Waals surface area contributed by atoms with Crippen LogP contribution in [0.15, 0.2) is 18.3 Å². The molecule has 0 bridgehead atoms. The summed E-state index contributed by atoms with van der Waals surface area (Å²) in [5.41, 5.74) is 7.67. The molecule has 2 aliphatic rings. The lowest BCUT2D eigenvalue weighted by atomic mass is 9.85. The van der Waals surface area contributed by atoms with Crippen molar-refractivity contribution in [2.45, 2.75) is 51.1 Å². The fourth-order valence-electron chi connectivity index (χ4n) is 5.14. The van der Waals surface area contributed by atoms with Gasteiger partial charge >= 0.3 is 0 Å². The molecule has 5 rings (SSSR count). The van der Waals surface area contributed by atoms with Crippen LogP contribution in [0.5, 0.6) is 0 Å². The maximum atomic E-state index is 11.8. The summed E-state index contributed by atoms with van der Waals surface area (Å²) in [6, 6.07) is 5.40. The number of fused-ring (bicyclic) bond motifs is 1. The highest BCUT2D eigenvalue weighted by Gasteiger charge is 2.30. The second kappa shape index (κ2) is 10.7. The predicted molar refractivity (Wildman–Crippen MR) is 142 cm³/mol. The first-order valence-electron chi connectivity index (χ1n) is 12.4. The van der Waals surface area contributed by atoms with E-state index in [1.807, 2.05) is 4.57 Å². The first kappa shape index (κ1) is 25.5. The zero-order chi connectivity index (χ0) is 26.1. The maximum Gasteiger partial charge on any atom is 0.224 e. The number of nitrogens with two attached hydrogens (primary N) is 1. The van der Waals surface area contributed by atoms with Gasteiger partial charge < -0.3 is 21.1 Å². The van der Waals surface area contributed by atoms with E-state index in [1.54, 1.807) is 18.3 Å². The normalized spacial score (nSPS) is 23.9. The number of primary amides is 1. The Kier molecular flexibility index (Phi) is 7.38. The average Bonchev–Trinajstić information content (AvgIpc) is 3.24. The van der Waals surface area contributed by atoms with Crippen molar-refractivity contribution in [3.05, 3.63) is 33.9 Å². The van der Waals surface area contributed by atoms with Gasteiger partial charge in [-0.15, -0.1) is 0 Å². The summed E-state index contributed by atoms with van der Waals surface area (Å²) in [5.74, 6) is 0.977. The molecule has 0 unspecified atom stereocenters. The molecule has 2 aromatic heterocycles. The topological polar surface area (TPSA) is 144 Å². The zero-order valence-corrected chi connectivity index (χ0v) is 21.9. The fourth-order valence-corrected chi connectivity index (χ4v) is 5.72. The number of nitrogens with one attached hydrogen (secondary N) is 2. The van der Waals surface area contributed by atoms with Crippen molar-refractivity contribution in [1.29, 1.82) is 5.26 Å². The molecule has 4 N–H and O–H groups in total. The number of ether oxygens (including phenoxy) is 1. The van der Waals surface area contributed by atoms with Gasteiger partial charge in [0, 0.05) is 24.6 Å². The number of hydrogen-bond acceptors (Lipinski definition) is 8. The third kappa shape index (κ3) is 5.30. The van der Waals surface area contributed by atoms with Gasteiger partial charge in [-0.05, 0) is 50.2 Å². The van der Waals surface area contributed by atoms with E-state index in [0.717, 1.165) is 19.3 Å². The van der Waals surface area contributed by atoms with Gasteiger partial charge in [-0.2, -0.15) is 10.2 Å². The predicted octanol–water partition coefficient (Wildman–Crippen LogP) is 4.80. The fraction of sp³-hybridized carbons (Fsp3) is 0.480. The summed E-state index contributed by atoms with van der Waals surface area (Å²) in [6.07, 6.45) is 5.44. The Labute approximate surface area is 224 Å². The molecule has 1 aliphatic carbocycles. The smallest absolute Gasteiger partial charge is 0.224 e. The van der Waals surface area contributed by atoms with E-state index in [9.17, 15) is 10.1 Å². The molecule has 2 atom stereocenters. The number of anilines is 3. The summed E-state index contributed by atoms with van der Waals surface area (Å²) in [7, 11) is 0. The van der Waals surface area contributed by atoms with Crippen LogP contribution in [0.4, 0.5) is 17.6 Å². The minimum Gasteiger partial charge on any atom is -0.381 e. The van der Waals surface area contributed by atoms with Crippen molar-refractivity contribution in [3.63, 3.8) is 0 Å². The van der Waals surface area contributed by atoms with E-state index in [4.69, 9.17) is 43.6 Å². The van der Waals surface area contributed by atoms with Crippen LogP contribution in [0.3, 0.4) is 0 Å². The lowest BCUT2D eigenvalue weighted by Crippen LogP contribution is -2.36. The molecule has 1 amide bonds. The number of nitrogens with zero attached hydrogens (tertiary/aromatic N) is 5. The highest BCUT2D eigenvalue weighted by Crippen LogP contribution is 2.39. The van der Waals surface area contributed by atoms with Gasteiger partial charge in [-0.3, -0.25) is 9.36 Å². The second-order valence-corrected chi connectivity index (χ2v) is 10.6. The Balaban J connectivity index is 1.53. The maximum absolute atomic E-state index is 11.8. The number of aromatic nitrogens is 4. The lowest BCUT2D eigenvalue weighted by Gasteiger charge is -2.30. The van der Waals surface area contributed by atoms with Crippen LogP contribution in [0.1, 0.15) is 50.6 Å². The van der Waals surface area contributed by atoms with E-state index in [-0.39, 0.29) is 23.9 Å². The molecule has 194 valence electrons. The van der Waals surface area contributed by atoms with Crippen molar-refractivity contribution in [2.24, 2.45) is 17.6 Å². The molecule has 10 nitrogen and oxygen atoms in total. The third-order valence-corrected chi connectivity index (χ3v) is 7.86. The van der Waals surface area contributed by atoms with Gasteiger partial charge in [-0.1, -0.05) is 30.1 Å². The molecule has 1 aliphatic heterocycles. The summed E-state index contributed by atoms with van der Waals surface area (Å²) in [4.78, 5) is 25.9. The monoisotopic (exact) mass is 542 g/mol. The Morgan fingerprint density at radius 3 is 2.57 bits per heavy atom. The summed E-state index contributed by atoms with van der Waals surface area (Å²) < 4.78 is 7.60. The van der Waals surface area contributed by atoms with Gasteiger partial charge in [0.15, 0.2) is 5.65 Å². The number of carbonyl (C=O) groups excluding carboxylic acids is 1. The van der Waals surface area contributed by atoms with E-state index in [0.29, 0.717) is 76.3 Å². The van der Waals surface area contributed by atoms with Crippen molar-refractivity contribution in [3.8, 4) is 6.07 Å². The molecule has 0 radical (unpaired) electrons. The SMILES string of the molecule is C[C@H]1COCC[C@@H]1Nc1ncc2nc(Nc3c(Cl)cc(C#N)cc3Cl)n(C3CCC(C(N)=O)CC3)c2n1. The van der Waals surface area contributed by atoms with Gasteiger partial charge in [0.2, 0.25) is 17.8 Å². The molecule has 1 saturated heterocycles. The molecular formula is C25H28Cl2N8O2. The molecule has 12 heteroatoms. The minimum absolute atomic E-state index is 0.0313. The van der Waals surface area contributed by atoms with Crippen molar-refractivity contribution in [2.75, 3.05) is 23.8 Å². The third-order valence-electron chi connectivity index (χ3n) is 7.26. The van der Waals surface area contributed by atoms with Crippen LogP contribution in [0.25, 0.3) is 11.2 Å².